The predicted octanol–water partition coefficient (Wildman–Crippen LogP) is 3.99. The van der Waals surface area contributed by atoms with E-state index in [4.69, 9.17) is 0 Å². The van der Waals surface area contributed by atoms with Crippen LogP contribution in [-0.4, -0.2) is 42.7 Å². The van der Waals surface area contributed by atoms with Crippen LogP contribution < -0.4 is 4.72 Å². The zero-order valence-corrected chi connectivity index (χ0v) is 19.9. The minimum absolute atomic E-state index is 0.318. The topological polar surface area (TPSA) is 67.2 Å². The average molecular weight is 453 g/mol. The third kappa shape index (κ3) is 5.46. The molecule has 1 aliphatic rings. The Morgan fingerprint density at radius 1 is 1.03 bits per heavy atom. The summed E-state index contributed by atoms with van der Waals surface area (Å²) in [6.45, 7) is 9.31. The number of likely N-dealkylation sites (tertiary alicyclic amines) is 1. The van der Waals surface area contributed by atoms with Crippen molar-refractivity contribution in [2.75, 3.05) is 19.6 Å². The number of nitrogens with zero attached hydrogens (tertiary/aromatic N) is 3. The molecular weight excluding hydrogens is 420 g/mol. The minimum Gasteiger partial charge on any atom is -0.299 e. The number of piperidine rings is 1. The Balaban J connectivity index is 1.33. The highest BCUT2D eigenvalue weighted by atomic mass is 32.2. The van der Waals surface area contributed by atoms with Crippen LogP contribution >= 0.6 is 0 Å². The largest absolute Gasteiger partial charge is 0.299 e. The Hall–Kier alpha value is -2.48. The maximum atomic E-state index is 12.6. The average Bonchev–Trinajstić information content (AvgIpc) is 3.11. The van der Waals surface area contributed by atoms with E-state index in [0.717, 1.165) is 55.1 Å². The van der Waals surface area contributed by atoms with Crippen molar-refractivity contribution in [3.8, 4) is 5.69 Å². The van der Waals surface area contributed by atoms with E-state index in [1.165, 1.54) is 5.56 Å². The zero-order chi connectivity index (χ0) is 22.7. The molecule has 0 aliphatic carbocycles. The minimum atomic E-state index is -3.46. The number of hydrogen-bond acceptors (Lipinski definition) is 4. The van der Waals surface area contributed by atoms with Gasteiger partial charge in [-0.25, -0.2) is 17.8 Å². The number of sulfonamides is 1. The molecule has 1 unspecified atom stereocenters. The van der Waals surface area contributed by atoms with E-state index in [0.29, 0.717) is 17.4 Å². The van der Waals surface area contributed by atoms with Crippen LogP contribution in [0.4, 0.5) is 0 Å². The lowest BCUT2D eigenvalue weighted by molar-refractivity contribution is 0.169. The molecule has 170 valence electrons. The number of nitrogens with one attached hydrogen (secondary N) is 1. The lowest BCUT2D eigenvalue weighted by Crippen LogP contribution is -2.40. The van der Waals surface area contributed by atoms with Crippen molar-refractivity contribution in [3.63, 3.8) is 0 Å². The molecule has 0 bridgehead atoms. The van der Waals surface area contributed by atoms with Gasteiger partial charge in [-0.2, -0.15) is 5.10 Å². The van der Waals surface area contributed by atoms with Crippen molar-refractivity contribution in [3.05, 3.63) is 77.1 Å². The molecular formula is C25H32N4O2S. The molecule has 0 amide bonds. The molecule has 1 atom stereocenters. The van der Waals surface area contributed by atoms with Crippen LogP contribution in [-0.2, 0) is 16.6 Å². The summed E-state index contributed by atoms with van der Waals surface area (Å²) < 4.78 is 30.0. The summed E-state index contributed by atoms with van der Waals surface area (Å²) in [6.07, 6.45) is 2.13. The van der Waals surface area contributed by atoms with Gasteiger partial charge in [-0.15, -0.1) is 0 Å². The maximum Gasteiger partial charge on any atom is 0.240 e. The van der Waals surface area contributed by atoms with Gasteiger partial charge in [-0.05, 0) is 82.0 Å². The van der Waals surface area contributed by atoms with Gasteiger partial charge in [-0.1, -0.05) is 29.8 Å². The van der Waals surface area contributed by atoms with E-state index in [1.54, 1.807) is 12.1 Å². The molecule has 1 aromatic heterocycles. The van der Waals surface area contributed by atoms with Gasteiger partial charge in [0, 0.05) is 25.3 Å². The van der Waals surface area contributed by atoms with Crippen molar-refractivity contribution in [2.45, 2.75) is 45.1 Å². The summed E-state index contributed by atoms with van der Waals surface area (Å²) in [6, 6.07) is 17.6. The summed E-state index contributed by atoms with van der Waals surface area (Å²) in [5.74, 6) is 0.318. The summed E-state index contributed by atoms with van der Waals surface area (Å²) in [5.41, 5.74) is 5.53. The molecule has 0 radical (unpaired) electrons. The van der Waals surface area contributed by atoms with Gasteiger partial charge in [0.2, 0.25) is 10.0 Å². The summed E-state index contributed by atoms with van der Waals surface area (Å²) in [5, 5.41) is 4.55. The lowest BCUT2D eigenvalue weighted by atomic mass is 9.98. The molecule has 0 spiro atoms. The van der Waals surface area contributed by atoms with Crippen LogP contribution in [0.5, 0.6) is 0 Å². The molecule has 2 heterocycles. The lowest BCUT2D eigenvalue weighted by Gasteiger charge is -2.32. The van der Waals surface area contributed by atoms with Crippen molar-refractivity contribution in [1.29, 1.82) is 0 Å². The van der Waals surface area contributed by atoms with Crippen molar-refractivity contribution < 1.29 is 8.42 Å². The molecule has 32 heavy (non-hydrogen) atoms. The second-order valence-corrected chi connectivity index (χ2v) is 10.7. The van der Waals surface area contributed by atoms with E-state index >= 15 is 0 Å². The first kappa shape index (κ1) is 22.7. The molecule has 7 heteroatoms. The van der Waals surface area contributed by atoms with Gasteiger partial charge in [0.1, 0.15) is 0 Å². The maximum absolute atomic E-state index is 12.6. The van der Waals surface area contributed by atoms with Crippen LogP contribution in [0.2, 0.25) is 0 Å². The van der Waals surface area contributed by atoms with Crippen LogP contribution in [0, 0.1) is 26.7 Å². The Morgan fingerprint density at radius 3 is 2.41 bits per heavy atom. The van der Waals surface area contributed by atoms with Crippen LogP contribution in [0.15, 0.2) is 59.5 Å². The van der Waals surface area contributed by atoms with Gasteiger partial charge >= 0.3 is 0 Å². The molecule has 2 aromatic carbocycles. The van der Waals surface area contributed by atoms with Crippen LogP contribution in [0.1, 0.15) is 35.4 Å². The number of aromatic nitrogens is 2. The van der Waals surface area contributed by atoms with Gasteiger partial charge in [0.05, 0.1) is 16.3 Å². The van der Waals surface area contributed by atoms with E-state index in [2.05, 4.69) is 52.0 Å². The van der Waals surface area contributed by atoms with Gasteiger partial charge < -0.3 is 0 Å². The summed E-state index contributed by atoms with van der Waals surface area (Å²) >= 11 is 0. The highest BCUT2D eigenvalue weighted by molar-refractivity contribution is 7.89. The molecule has 1 saturated heterocycles. The predicted molar refractivity (Wildman–Crippen MR) is 127 cm³/mol. The van der Waals surface area contributed by atoms with Gasteiger partial charge in [0.25, 0.3) is 0 Å². The molecule has 1 aliphatic heterocycles. The highest BCUT2D eigenvalue weighted by Crippen LogP contribution is 2.20. The third-order valence-electron chi connectivity index (χ3n) is 6.09. The molecule has 0 saturated carbocycles. The van der Waals surface area contributed by atoms with Crippen molar-refractivity contribution >= 4 is 10.0 Å². The molecule has 1 N–H and O–H groups in total. The second kappa shape index (κ2) is 9.57. The molecule has 4 rings (SSSR count). The van der Waals surface area contributed by atoms with E-state index in [-0.39, 0.29) is 0 Å². The van der Waals surface area contributed by atoms with Crippen LogP contribution in [0.3, 0.4) is 0 Å². The number of hydrogen-bond donors (Lipinski definition) is 1. The Bertz CT molecular complexity index is 1150. The normalized spacial score (nSPS) is 17.5. The second-order valence-electron chi connectivity index (χ2n) is 8.91. The third-order valence-corrected chi connectivity index (χ3v) is 7.53. The Labute approximate surface area is 191 Å². The van der Waals surface area contributed by atoms with Gasteiger partial charge in [0.15, 0.2) is 0 Å². The number of rotatable bonds is 7. The first-order valence-corrected chi connectivity index (χ1v) is 12.7. The smallest absolute Gasteiger partial charge is 0.240 e. The Morgan fingerprint density at radius 2 is 1.75 bits per heavy atom. The fourth-order valence-corrected chi connectivity index (χ4v) is 5.50. The van der Waals surface area contributed by atoms with Crippen molar-refractivity contribution in [1.82, 2.24) is 19.4 Å². The Kier molecular flexibility index (Phi) is 6.79. The molecule has 6 nitrogen and oxygen atoms in total. The highest BCUT2D eigenvalue weighted by Gasteiger charge is 2.22. The van der Waals surface area contributed by atoms with Crippen LogP contribution in [0.25, 0.3) is 5.69 Å². The monoisotopic (exact) mass is 452 g/mol. The zero-order valence-electron chi connectivity index (χ0n) is 19.1. The number of aryl methyl sites for hydroxylation is 3. The SMILES string of the molecule is Cc1ccc(S(=O)(=O)NCC2CCCN(Cc3ccc(-n4nc(C)cc4C)cc3)C2)cc1. The first-order valence-electron chi connectivity index (χ1n) is 11.2. The quantitative estimate of drug-likeness (QED) is 0.589. The fourth-order valence-electron chi connectivity index (χ4n) is 4.38. The molecule has 3 aromatic rings. The van der Waals surface area contributed by atoms with E-state index in [1.807, 2.05) is 30.7 Å². The van der Waals surface area contributed by atoms with Crippen molar-refractivity contribution in [2.24, 2.45) is 5.92 Å². The first-order chi connectivity index (χ1) is 15.3. The summed E-state index contributed by atoms with van der Waals surface area (Å²) in [4.78, 5) is 2.76. The van der Waals surface area contributed by atoms with Gasteiger partial charge in [-0.3, -0.25) is 4.90 Å². The van der Waals surface area contributed by atoms with E-state index in [9.17, 15) is 8.42 Å². The number of benzene rings is 2. The fraction of sp³-hybridized carbons (Fsp3) is 0.400. The van der Waals surface area contributed by atoms with E-state index < -0.39 is 10.0 Å². The summed E-state index contributed by atoms with van der Waals surface area (Å²) in [7, 11) is -3.46. The standard InChI is InChI=1S/C25H32N4O2S/c1-19-6-12-25(13-7-19)32(30,31)26-16-23-5-4-14-28(18-23)17-22-8-10-24(11-9-22)29-21(3)15-20(2)27-29/h6-13,15,23,26H,4-5,14,16-18H2,1-3H3. The molecule has 1 fully saturated rings.